The molecule has 0 saturated carbocycles. The van der Waals surface area contributed by atoms with Gasteiger partial charge >= 0.3 is 6.09 Å². The fourth-order valence-electron chi connectivity index (χ4n) is 2.86. The Morgan fingerprint density at radius 2 is 2.26 bits per heavy atom. The van der Waals surface area contributed by atoms with E-state index in [0.29, 0.717) is 18.3 Å². The van der Waals surface area contributed by atoms with Gasteiger partial charge in [-0.2, -0.15) is 5.10 Å². The first-order valence-electron chi connectivity index (χ1n) is 6.59. The molecule has 0 aromatic carbocycles. The van der Waals surface area contributed by atoms with Gasteiger partial charge in [0, 0.05) is 30.3 Å². The number of aromatic amines is 1. The number of nitrogens with zero attached hydrogens (tertiary/aromatic N) is 2. The van der Waals surface area contributed by atoms with Gasteiger partial charge in [0.05, 0.1) is 0 Å². The van der Waals surface area contributed by atoms with E-state index in [2.05, 4.69) is 31.0 Å². The summed E-state index contributed by atoms with van der Waals surface area (Å²) in [6.45, 7) is 6.80. The summed E-state index contributed by atoms with van der Waals surface area (Å²) in [6, 6.07) is 1.86. The summed E-state index contributed by atoms with van der Waals surface area (Å²) in [4.78, 5) is 12.9. The van der Waals surface area contributed by atoms with E-state index in [9.17, 15) is 9.90 Å². The van der Waals surface area contributed by atoms with E-state index in [1.54, 1.807) is 4.90 Å². The lowest BCUT2D eigenvalue weighted by Gasteiger charge is -2.44. The number of hydrogen-bond acceptors (Lipinski definition) is 3. The second-order valence-electron chi connectivity index (χ2n) is 6.33. The smallest absolute Gasteiger partial charge is 0.407 e. The van der Waals surface area contributed by atoms with Crippen LogP contribution in [0.2, 0.25) is 0 Å². The number of aromatic nitrogens is 2. The number of H-pyrrole nitrogens is 1. The largest absolute Gasteiger partial charge is 0.465 e. The zero-order valence-electron chi connectivity index (χ0n) is 11.7. The molecule has 1 aliphatic heterocycles. The normalized spacial score (nSPS) is 24.5. The van der Waals surface area contributed by atoms with Crippen LogP contribution in [0.25, 0.3) is 0 Å². The fourth-order valence-corrected chi connectivity index (χ4v) is 2.86. The molecule has 1 aromatic rings. The van der Waals surface area contributed by atoms with Gasteiger partial charge in [-0.25, -0.2) is 4.79 Å². The van der Waals surface area contributed by atoms with Crippen molar-refractivity contribution in [1.29, 1.82) is 0 Å². The third-order valence-electron chi connectivity index (χ3n) is 3.91. The van der Waals surface area contributed by atoms with Crippen LogP contribution in [0.4, 0.5) is 10.6 Å². The molecule has 1 fully saturated rings. The van der Waals surface area contributed by atoms with Crippen LogP contribution in [-0.4, -0.2) is 38.9 Å². The third-order valence-corrected chi connectivity index (χ3v) is 3.91. The number of nitrogen functional groups attached to an aromatic ring is 1. The minimum atomic E-state index is -0.831. The summed E-state index contributed by atoms with van der Waals surface area (Å²) in [7, 11) is 0. The molecule has 0 bridgehead atoms. The van der Waals surface area contributed by atoms with Gasteiger partial charge in [-0.1, -0.05) is 20.8 Å². The average Bonchev–Trinajstić information content (AvgIpc) is 2.74. The minimum Gasteiger partial charge on any atom is -0.465 e. The first-order chi connectivity index (χ1) is 8.79. The second-order valence-corrected chi connectivity index (χ2v) is 6.33. The SMILES string of the molecule is CC(C)(C)C1CC(c2cc(N)n[nH]2)CCN1C(=O)O. The van der Waals surface area contributed by atoms with Crippen molar-refractivity contribution in [3.05, 3.63) is 11.8 Å². The van der Waals surface area contributed by atoms with E-state index in [-0.39, 0.29) is 11.5 Å². The average molecular weight is 266 g/mol. The van der Waals surface area contributed by atoms with Crippen molar-refractivity contribution in [1.82, 2.24) is 15.1 Å². The topological polar surface area (TPSA) is 95.2 Å². The highest BCUT2D eigenvalue weighted by Crippen LogP contribution is 2.38. The quantitative estimate of drug-likeness (QED) is 0.726. The summed E-state index contributed by atoms with van der Waals surface area (Å²) in [5.74, 6) is 0.785. The zero-order valence-corrected chi connectivity index (χ0v) is 11.7. The number of rotatable bonds is 1. The van der Waals surface area contributed by atoms with Crippen LogP contribution in [0.5, 0.6) is 0 Å². The van der Waals surface area contributed by atoms with Crippen molar-refractivity contribution in [3.8, 4) is 0 Å². The summed E-state index contributed by atoms with van der Waals surface area (Å²) in [5.41, 5.74) is 6.56. The van der Waals surface area contributed by atoms with Gasteiger partial charge in [0.2, 0.25) is 0 Å². The van der Waals surface area contributed by atoms with Gasteiger partial charge < -0.3 is 15.7 Å². The van der Waals surface area contributed by atoms with Gasteiger partial charge in [-0.3, -0.25) is 5.10 Å². The van der Waals surface area contributed by atoms with E-state index in [0.717, 1.165) is 18.5 Å². The Hall–Kier alpha value is -1.72. The molecule has 1 amide bonds. The number of carbonyl (C=O) groups is 1. The molecule has 2 rings (SSSR count). The van der Waals surface area contributed by atoms with Gasteiger partial charge in [0.25, 0.3) is 0 Å². The lowest BCUT2D eigenvalue weighted by molar-refractivity contribution is 0.0521. The van der Waals surface area contributed by atoms with Crippen molar-refractivity contribution in [2.75, 3.05) is 12.3 Å². The molecule has 2 heterocycles. The summed E-state index contributed by atoms with van der Waals surface area (Å²) < 4.78 is 0. The summed E-state index contributed by atoms with van der Waals surface area (Å²) in [6.07, 6.45) is 0.778. The molecule has 4 N–H and O–H groups in total. The van der Waals surface area contributed by atoms with E-state index >= 15 is 0 Å². The highest BCUT2D eigenvalue weighted by atomic mass is 16.4. The third kappa shape index (κ3) is 2.83. The van der Waals surface area contributed by atoms with Crippen LogP contribution < -0.4 is 5.73 Å². The lowest BCUT2D eigenvalue weighted by Crippen LogP contribution is -2.51. The molecule has 6 heteroatoms. The fraction of sp³-hybridized carbons (Fsp3) is 0.692. The molecule has 6 nitrogen and oxygen atoms in total. The van der Waals surface area contributed by atoms with E-state index in [1.165, 1.54) is 0 Å². The maximum atomic E-state index is 11.3. The molecule has 0 aliphatic carbocycles. The second kappa shape index (κ2) is 4.75. The molecule has 1 aliphatic rings. The van der Waals surface area contributed by atoms with Gasteiger partial charge in [0.15, 0.2) is 0 Å². The summed E-state index contributed by atoms with van der Waals surface area (Å²) >= 11 is 0. The van der Waals surface area contributed by atoms with Crippen molar-refractivity contribution >= 4 is 11.9 Å². The van der Waals surface area contributed by atoms with E-state index in [1.807, 2.05) is 6.07 Å². The Balaban J connectivity index is 2.19. The Bertz CT molecular complexity index is 463. The van der Waals surface area contributed by atoms with Crippen LogP contribution >= 0.6 is 0 Å². The predicted octanol–water partition coefficient (Wildman–Crippen LogP) is 2.26. The molecule has 2 unspecified atom stereocenters. The molecule has 1 saturated heterocycles. The number of nitrogens with one attached hydrogen (secondary N) is 1. The molecule has 106 valence electrons. The molecular formula is C13H22N4O2. The molecular weight excluding hydrogens is 244 g/mol. The Morgan fingerprint density at radius 1 is 1.58 bits per heavy atom. The van der Waals surface area contributed by atoms with Gasteiger partial charge in [-0.15, -0.1) is 0 Å². The predicted molar refractivity (Wildman–Crippen MR) is 72.9 cm³/mol. The minimum absolute atomic E-state index is 0.00766. The molecule has 19 heavy (non-hydrogen) atoms. The molecule has 0 radical (unpaired) electrons. The number of anilines is 1. The van der Waals surface area contributed by atoms with E-state index in [4.69, 9.17) is 5.73 Å². The number of amides is 1. The number of likely N-dealkylation sites (tertiary alicyclic amines) is 1. The first kappa shape index (κ1) is 13.7. The molecule has 0 spiro atoms. The van der Waals surface area contributed by atoms with Crippen molar-refractivity contribution in [3.63, 3.8) is 0 Å². The highest BCUT2D eigenvalue weighted by Gasteiger charge is 2.39. The molecule has 2 atom stereocenters. The monoisotopic (exact) mass is 266 g/mol. The van der Waals surface area contributed by atoms with Crippen LogP contribution in [-0.2, 0) is 0 Å². The van der Waals surface area contributed by atoms with Crippen molar-refractivity contribution < 1.29 is 9.90 Å². The van der Waals surface area contributed by atoms with Gasteiger partial charge in [-0.05, 0) is 18.3 Å². The van der Waals surface area contributed by atoms with Crippen LogP contribution in [0.3, 0.4) is 0 Å². The number of nitrogens with two attached hydrogens (primary N) is 1. The van der Waals surface area contributed by atoms with Crippen LogP contribution in [0, 0.1) is 5.41 Å². The zero-order chi connectivity index (χ0) is 14.2. The Kier molecular flexibility index (Phi) is 3.43. The van der Waals surface area contributed by atoms with Crippen molar-refractivity contribution in [2.45, 2.75) is 45.6 Å². The lowest BCUT2D eigenvalue weighted by atomic mass is 9.76. The Labute approximate surface area is 113 Å². The number of piperidine rings is 1. The van der Waals surface area contributed by atoms with Gasteiger partial charge in [0.1, 0.15) is 5.82 Å². The highest BCUT2D eigenvalue weighted by molar-refractivity contribution is 5.65. The standard InChI is InChI=1S/C13H22N4O2/c1-13(2,3)10-6-8(4-5-17(10)12(18)19)9-7-11(14)16-15-9/h7-8,10H,4-6H2,1-3H3,(H,18,19)(H3,14,15,16). The maximum absolute atomic E-state index is 11.3. The summed E-state index contributed by atoms with van der Waals surface area (Å²) in [5, 5.41) is 16.2. The first-order valence-corrected chi connectivity index (χ1v) is 6.59. The van der Waals surface area contributed by atoms with Crippen molar-refractivity contribution in [2.24, 2.45) is 5.41 Å². The van der Waals surface area contributed by atoms with Crippen LogP contribution in [0.1, 0.15) is 45.2 Å². The number of carboxylic acid groups (broad SMARTS) is 1. The van der Waals surface area contributed by atoms with E-state index < -0.39 is 6.09 Å². The Morgan fingerprint density at radius 3 is 2.74 bits per heavy atom. The molecule has 1 aromatic heterocycles. The number of hydrogen-bond donors (Lipinski definition) is 3. The maximum Gasteiger partial charge on any atom is 0.407 e. The van der Waals surface area contributed by atoms with Crippen LogP contribution in [0.15, 0.2) is 6.07 Å².